The molecule has 0 amide bonds. The van der Waals surface area contributed by atoms with Crippen LogP contribution < -0.4 is 5.73 Å². The van der Waals surface area contributed by atoms with Gasteiger partial charge in [-0.05, 0) is 22.4 Å². The van der Waals surface area contributed by atoms with Crippen molar-refractivity contribution in [2.24, 2.45) is 5.73 Å². The SMILES string of the molecule is NC(Cc1cn2ccsc2n1)c1ccsc1. The Morgan fingerprint density at radius 2 is 2.38 bits per heavy atom. The molecule has 1 unspecified atom stereocenters. The van der Waals surface area contributed by atoms with Crippen LogP contribution in [-0.2, 0) is 6.42 Å². The summed E-state index contributed by atoms with van der Waals surface area (Å²) in [5.41, 5.74) is 8.38. The molecular weight excluding hydrogens is 238 g/mol. The number of fused-ring (bicyclic) bond motifs is 1. The van der Waals surface area contributed by atoms with Crippen molar-refractivity contribution in [3.05, 3.63) is 45.9 Å². The van der Waals surface area contributed by atoms with Gasteiger partial charge >= 0.3 is 0 Å². The van der Waals surface area contributed by atoms with Gasteiger partial charge in [0.2, 0.25) is 0 Å². The summed E-state index contributed by atoms with van der Waals surface area (Å²) >= 11 is 3.33. The molecule has 0 radical (unpaired) electrons. The van der Waals surface area contributed by atoms with E-state index < -0.39 is 0 Å². The highest BCUT2D eigenvalue weighted by atomic mass is 32.1. The third-order valence-electron chi connectivity index (χ3n) is 2.54. The van der Waals surface area contributed by atoms with Crippen molar-refractivity contribution in [2.75, 3.05) is 0 Å². The first-order valence-corrected chi connectivity index (χ1v) is 6.84. The Bertz CT molecular complexity index is 551. The van der Waals surface area contributed by atoms with Crippen molar-refractivity contribution in [1.29, 1.82) is 0 Å². The first kappa shape index (κ1) is 10.0. The van der Waals surface area contributed by atoms with Crippen LogP contribution in [0.3, 0.4) is 0 Å². The van der Waals surface area contributed by atoms with E-state index in [2.05, 4.69) is 28.0 Å². The molecule has 5 heteroatoms. The minimum absolute atomic E-state index is 0.0517. The monoisotopic (exact) mass is 249 g/mol. The molecule has 3 rings (SSSR count). The Hall–Kier alpha value is -1.17. The average molecular weight is 249 g/mol. The summed E-state index contributed by atoms with van der Waals surface area (Å²) in [6.07, 6.45) is 4.87. The first-order chi connectivity index (χ1) is 7.83. The fraction of sp³-hybridized carbons (Fsp3) is 0.182. The molecule has 0 saturated heterocycles. The molecule has 0 aromatic carbocycles. The number of rotatable bonds is 3. The Morgan fingerprint density at radius 3 is 3.12 bits per heavy atom. The van der Waals surface area contributed by atoms with Crippen LogP contribution in [0.15, 0.2) is 34.6 Å². The number of aromatic nitrogens is 2. The molecule has 16 heavy (non-hydrogen) atoms. The number of thiophene rings is 1. The minimum Gasteiger partial charge on any atom is -0.324 e. The summed E-state index contributed by atoms with van der Waals surface area (Å²) in [5.74, 6) is 0. The van der Waals surface area contributed by atoms with E-state index in [1.807, 2.05) is 16.0 Å². The standard InChI is InChI=1S/C11H11N3S2/c12-10(8-1-3-15-7-8)5-9-6-14-2-4-16-11(14)13-9/h1-4,6-7,10H,5,12H2. The van der Waals surface area contributed by atoms with Gasteiger partial charge in [-0.3, -0.25) is 4.40 Å². The third kappa shape index (κ3) is 1.77. The number of nitrogens with two attached hydrogens (primary N) is 1. The van der Waals surface area contributed by atoms with Gasteiger partial charge in [0.1, 0.15) is 0 Å². The van der Waals surface area contributed by atoms with E-state index in [1.54, 1.807) is 22.7 Å². The van der Waals surface area contributed by atoms with Crippen molar-refractivity contribution in [2.45, 2.75) is 12.5 Å². The van der Waals surface area contributed by atoms with Crippen LogP contribution >= 0.6 is 22.7 Å². The van der Waals surface area contributed by atoms with E-state index >= 15 is 0 Å². The molecule has 1 atom stereocenters. The Kier molecular flexibility index (Phi) is 2.51. The Morgan fingerprint density at radius 1 is 1.44 bits per heavy atom. The van der Waals surface area contributed by atoms with Crippen LogP contribution in [0.1, 0.15) is 17.3 Å². The Labute approximate surface area is 101 Å². The van der Waals surface area contributed by atoms with Gasteiger partial charge in [-0.1, -0.05) is 0 Å². The molecule has 0 aliphatic rings. The van der Waals surface area contributed by atoms with Crippen molar-refractivity contribution < 1.29 is 0 Å². The maximum absolute atomic E-state index is 6.12. The molecule has 0 saturated carbocycles. The molecule has 3 nitrogen and oxygen atoms in total. The maximum Gasteiger partial charge on any atom is 0.193 e. The van der Waals surface area contributed by atoms with E-state index in [9.17, 15) is 0 Å². The molecule has 3 aromatic heterocycles. The van der Waals surface area contributed by atoms with Crippen LogP contribution in [-0.4, -0.2) is 9.38 Å². The topological polar surface area (TPSA) is 43.3 Å². The molecule has 3 aromatic rings. The fourth-order valence-corrected chi connectivity index (χ4v) is 3.15. The second-order valence-corrected chi connectivity index (χ2v) is 5.35. The second-order valence-electron chi connectivity index (χ2n) is 3.69. The van der Waals surface area contributed by atoms with Gasteiger partial charge in [-0.2, -0.15) is 11.3 Å². The van der Waals surface area contributed by atoms with E-state index in [4.69, 9.17) is 5.73 Å². The Balaban J connectivity index is 1.82. The lowest BCUT2D eigenvalue weighted by Crippen LogP contribution is -2.12. The van der Waals surface area contributed by atoms with Gasteiger partial charge in [0, 0.05) is 30.2 Å². The van der Waals surface area contributed by atoms with E-state index in [0.717, 1.165) is 17.1 Å². The first-order valence-electron chi connectivity index (χ1n) is 5.01. The highest BCUT2D eigenvalue weighted by Crippen LogP contribution is 2.19. The number of imidazole rings is 1. The molecule has 0 bridgehead atoms. The van der Waals surface area contributed by atoms with Crippen LogP contribution in [0.25, 0.3) is 4.96 Å². The normalized spacial score (nSPS) is 13.3. The molecule has 2 N–H and O–H groups in total. The lowest BCUT2D eigenvalue weighted by Gasteiger charge is -2.06. The maximum atomic E-state index is 6.12. The van der Waals surface area contributed by atoms with Gasteiger partial charge in [0.25, 0.3) is 0 Å². The van der Waals surface area contributed by atoms with Gasteiger partial charge in [-0.25, -0.2) is 4.98 Å². The highest BCUT2D eigenvalue weighted by molar-refractivity contribution is 7.15. The molecule has 0 aliphatic carbocycles. The van der Waals surface area contributed by atoms with Gasteiger partial charge in [0.15, 0.2) is 4.96 Å². The minimum atomic E-state index is 0.0517. The summed E-state index contributed by atoms with van der Waals surface area (Å²) < 4.78 is 2.04. The average Bonchev–Trinajstić information content (AvgIpc) is 2.91. The van der Waals surface area contributed by atoms with Crippen molar-refractivity contribution >= 4 is 27.6 Å². The van der Waals surface area contributed by atoms with Crippen LogP contribution in [0.2, 0.25) is 0 Å². The number of thiazole rings is 1. The van der Waals surface area contributed by atoms with E-state index in [0.29, 0.717) is 0 Å². The molecule has 0 fully saturated rings. The molecular formula is C11H11N3S2. The van der Waals surface area contributed by atoms with Gasteiger partial charge in [0.05, 0.1) is 5.69 Å². The van der Waals surface area contributed by atoms with Crippen molar-refractivity contribution in [3.8, 4) is 0 Å². The van der Waals surface area contributed by atoms with E-state index in [-0.39, 0.29) is 6.04 Å². The smallest absolute Gasteiger partial charge is 0.193 e. The van der Waals surface area contributed by atoms with Crippen molar-refractivity contribution in [1.82, 2.24) is 9.38 Å². The second kappa shape index (κ2) is 4.01. The molecule has 82 valence electrons. The lowest BCUT2D eigenvalue weighted by molar-refractivity contribution is 0.713. The summed E-state index contributed by atoms with van der Waals surface area (Å²) in [6.45, 7) is 0. The summed E-state index contributed by atoms with van der Waals surface area (Å²) in [6, 6.07) is 2.13. The summed E-state index contributed by atoms with van der Waals surface area (Å²) in [5, 5.41) is 6.19. The number of hydrogen-bond acceptors (Lipinski definition) is 4. The molecule has 0 aliphatic heterocycles. The van der Waals surface area contributed by atoms with Gasteiger partial charge < -0.3 is 5.73 Å². The lowest BCUT2D eigenvalue weighted by atomic mass is 10.1. The largest absolute Gasteiger partial charge is 0.324 e. The van der Waals surface area contributed by atoms with Crippen LogP contribution in [0, 0.1) is 0 Å². The molecule has 3 heterocycles. The third-order valence-corrected chi connectivity index (χ3v) is 4.02. The van der Waals surface area contributed by atoms with Crippen LogP contribution in [0.4, 0.5) is 0 Å². The zero-order valence-corrected chi connectivity index (χ0v) is 10.2. The zero-order valence-electron chi connectivity index (χ0n) is 8.54. The quantitative estimate of drug-likeness (QED) is 0.775. The van der Waals surface area contributed by atoms with Crippen LogP contribution in [0.5, 0.6) is 0 Å². The predicted octanol–water partition coefficient (Wildman–Crippen LogP) is 2.70. The van der Waals surface area contributed by atoms with Crippen molar-refractivity contribution in [3.63, 3.8) is 0 Å². The van der Waals surface area contributed by atoms with Gasteiger partial charge in [-0.15, -0.1) is 11.3 Å². The number of hydrogen-bond donors (Lipinski definition) is 1. The number of nitrogens with zero attached hydrogens (tertiary/aromatic N) is 2. The summed E-state index contributed by atoms with van der Waals surface area (Å²) in [4.78, 5) is 5.56. The fourth-order valence-electron chi connectivity index (χ4n) is 1.70. The summed E-state index contributed by atoms with van der Waals surface area (Å²) in [7, 11) is 0. The highest BCUT2D eigenvalue weighted by Gasteiger charge is 2.10. The zero-order chi connectivity index (χ0) is 11.0. The van der Waals surface area contributed by atoms with E-state index in [1.165, 1.54) is 5.56 Å². The predicted molar refractivity (Wildman–Crippen MR) is 68.0 cm³/mol. The molecule has 0 spiro atoms.